The Balaban J connectivity index is 1.20. The van der Waals surface area contributed by atoms with Crippen molar-refractivity contribution in [3.05, 3.63) is 30.1 Å². The predicted octanol–water partition coefficient (Wildman–Crippen LogP) is 4.41. The van der Waals surface area contributed by atoms with Crippen LogP contribution >= 0.6 is 0 Å². The van der Waals surface area contributed by atoms with Gasteiger partial charge in [0.05, 0.1) is 5.41 Å². The molecule has 1 heterocycles. The molecular formula is C22H28FNO2. The zero-order chi connectivity index (χ0) is 17.7. The van der Waals surface area contributed by atoms with E-state index < -0.39 is 0 Å². The van der Waals surface area contributed by atoms with Crippen molar-refractivity contribution < 1.29 is 13.9 Å². The quantitative estimate of drug-likeness (QED) is 0.802. The molecule has 1 aromatic carbocycles. The monoisotopic (exact) mass is 357 g/mol. The maximum atomic E-state index is 13.4. The number of amides is 1. The van der Waals surface area contributed by atoms with Gasteiger partial charge in [0.25, 0.3) is 0 Å². The molecular weight excluding hydrogens is 329 g/mol. The maximum Gasteiger partial charge on any atom is 0.228 e. The van der Waals surface area contributed by atoms with Gasteiger partial charge in [-0.2, -0.15) is 0 Å². The zero-order valence-corrected chi connectivity index (χ0v) is 15.3. The highest BCUT2D eigenvalue weighted by Crippen LogP contribution is 2.60. The van der Waals surface area contributed by atoms with E-state index in [1.807, 2.05) is 0 Å². The van der Waals surface area contributed by atoms with Crippen molar-refractivity contribution in [2.24, 2.45) is 23.2 Å². The molecule has 0 N–H and O–H groups in total. The minimum absolute atomic E-state index is 0.0284. The number of piperidine rings is 1. The van der Waals surface area contributed by atoms with Gasteiger partial charge < -0.3 is 9.64 Å². The molecule has 1 amide bonds. The molecule has 6 rings (SSSR count). The first-order valence-electron chi connectivity index (χ1n) is 10.3. The number of carbonyl (C=O) groups excluding carboxylic acids is 1. The summed E-state index contributed by atoms with van der Waals surface area (Å²) in [7, 11) is 0. The Morgan fingerprint density at radius 1 is 0.962 bits per heavy atom. The van der Waals surface area contributed by atoms with Gasteiger partial charge in [-0.05, 0) is 80.5 Å². The van der Waals surface area contributed by atoms with Gasteiger partial charge in [0.1, 0.15) is 17.7 Å². The summed E-state index contributed by atoms with van der Waals surface area (Å²) < 4.78 is 19.0. The predicted molar refractivity (Wildman–Crippen MR) is 97.2 cm³/mol. The van der Waals surface area contributed by atoms with Crippen LogP contribution in [0.2, 0.25) is 0 Å². The Bertz CT molecular complexity index is 643. The summed E-state index contributed by atoms with van der Waals surface area (Å²) >= 11 is 0. The fraction of sp³-hybridized carbons (Fsp3) is 0.682. The molecule has 0 radical (unpaired) electrons. The molecule has 0 atom stereocenters. The molecule has 4 heteroatoms. The van der Waals surface area contributed by atoms with Crippen molar-refractivity contribution in [1.29, 1.82) is 0 Å². The van der Waals surface area contributed by atoms with Crippen molar-refractivity contribution in [2.45, 2.75) is 57.5 Å². The van der Waals surface area contributed by atoms with Gasteiger partial charge in [-0.15, -0.1) is 0 Å². The average molecular weight is 357 g/mol. The second-order valence-corrected chi connectivity index (χ2v) is 9.26. The van der Waals surface area contributed by atoms with Gasteiger partial charge in [0.15, 0.2) is 0 Å². The van der Waals surface area contributed by atoms with E-state index >= 15 is 0 Å². The standard InChI is InChI=1S/C22H28FNO2/c23-18-1-3-19(4-2-18)26-20-5-7-24(8-6-20)21(25)22-12-15-9-16(13-22)11-17(10-15)14-22/h1-4,15-17,20H,5-14H2. The third kappa shape index (κ3) is 2.91. The van der Waals surface area contributed by atoms with E-state index in [2.05, 4.69) is 4.90 Å². The van der Waals surface area contributed by atoms with Gasteiger partial charge in [0, 0.05) is 25.9 Å². The fourth-order valence-electron chi connectivity index (χ4n) is 6.59. The van der Waals surface area contributed by atoms with E-state index in [0.717, 1.165) is 68.7 Å². The first-order chi connectivity index (χ1) is 12.6. The van der Waals surface area contributed by atoms with Gasteiger partial charge in [-0.25, -0.2) is 4.39 Å². The summed E-state index contributed by atoms with van der Waals surface area (Å²) in [5, 5.41) is 0. The van der Waals surface area contributed by atoms with Crippen LogP contribution in [0.5, 0.6) is 5.75 Å². The molecule has 5 fully saturated rings. The number of ether oxygens (including phenoxy) is 1. The number of rotatable bonds is 3. The third-order valence-corrected chi connectivity index (χ3v) is 7.34. The number of nitrogens with zero attached hydrogens (tertiary/aromatic N) is 1. The van der Waals surface area contributed by atoms with Crippen LogP contribution in [0.15, 0.2) is 24.3 Å². The molecule has 4 bridgehead atoms. The van der Waals surface area contributed by atoms with Crippen molar-refractivity contribution in [3.63, 3.8) is 0 Å². The van der Waals surface area contributed by atoms with E-state index in [9.17, 15) is 9.18 Å². The van der Waals surface area contributed by atoms with Crippen molar-refractivity contribution in [3.8, 4) is 5.75 Å². The average Bonchev–Trinajstić information content (AvgIpc) is 2.63. The Morgan fingerprint density at radius 3 is 2.04 bits per heavy atom. The molecule has 4 saturated carbocycles. The lowest BCUT2D eigenvalue weighted by atomic mass is 9.49. The molecule has 0 spiro atoms. The normalized spacial score (nSPS) is 36.3. The van der Waals surface area contributed by atoms with Gasteiger partial charge >= 0.3 is 0 Å². The molecule has 26 heavy (non-hydrogen) atoms. The van der Waals surface area contributed by atoms with Crippen LogP contribution in [0.25, 0.3) is 0 Å². The summed E-state index contributed by atoms with van der Waals surface area (Å²) in [5.41, 5.74) is -0.0284. The van der Waals surface area contributed by atoms with E-state index in [0.29, 0.717) is 5.91 Å². The zero-order valence-electron chi connectivity index (χ0n) is 15.3. The summed E-state index contributed by atoms with van der Waals surface area (Å²) in [4.78, 5) is 15.5. The topological polar surface area (TPSA) is 29.5 Å². The van der Waals surface area contributed by atoms with Crippen LogP contribution in [0.4, 0.5) is 4.39 Å². The first-order valence-corrected chi connectivity index (χ1v) is 10.3. The number of benzene rings is 1. The van der Waals surface area contributed by atoms with E-state index in [1.165, 1.54) is 31.4 Å². The Kier molecular flexibility index (Phi) is 3.98. The van der Waals surface area contributed by atoms with Crippen LogP contribution in [0.3, 0.4) is 0 Å². The Hall–Kier alpha value is -1.58. The molecule has 1 aromatic rings. The lowest BCUT2D eigenvalue weighted by molar-refractivity contribution is -0.159. The number of halogens is 1. The SMILES string of the molecule is O=C(N1CCC(Oc2ccc(F)cc2)CC1)C12CC3CC(CC(C3)C1)C2. The summed E-state index contributed by atoms with van der Waals surface area (Å²) in [6.07, 6.45) is 9.42. The van der Waals surface area contributed by atoms with E-state index in [1.54, 1.807) is 12.1 Å². The number of carbonyl (C=O) groups is 1. The molecule has 4 aliphatic carbocycles. The largest absolute Gasteiger partial charge is 0.490 e. The Morgan fingerprint density at radius 2 is 1.50 bits per heavy atom. The molecule has 140 valence electrons. The van der Waals surface area contributed by atoms with E-state index in [4.69, 9.17) is 4.74 Å². The molecule has 1 aliphatic heterocycles. The van der Waals surface area contributed by atoms with Crippen molar-refractivity contribution in [1.82, 2.24) is 4.90 Å². The molecule has 3 nitrogen and oxygen atoms in total. The van der Waals surface area contributed by atoms with Crippen LogP contribution in [0, 0.1) is 29.0 Å². The van der Waals surface area contributed by atoms with Gasteiger partial charge in [-0.3, -0.25) is 4.79 Å². The summed E-state index contributed by atoms with van der Waals surface area (Å²) in [6, 6.07) is 6.23. The molecule has 5 aliphatic rings. The maximum absolute atomic E-state index is 13.4. The van der Waals surface area contributed by atoms with Crippen LogP contribution < -0.4 is 4.74 Å². The van der Waals surface area contributed by atoms with Crippen LogP contribution in [-0.4, -0.2) is 30.0 Å². The summed E-state index contributed by atoms with van der Waals surface area (Å²) in [5.74, 6) is 3.35. The smallest absolute Gasteiger partial charge is 0.228 e. The number of likely N-dealkylation sites (tertiary alicyclic amines) is 1. The van der Waals surface area contributed by atoms with Crippen molar-refractivity contribution in [2.75, 3.05) is 13.1 Å². The van der Waals surface area contributed by atoms with Crippen LogP contribution in [0.1, 0.15) is 51.4 Å². The second kappa shape index (κ2) is 6.24. The first kappa shape index (κ1) is 16.6. The van der Waals surface area contributed by atoms with Gasteiger partial charge in [-0.1, -0.05) is 0 Å². The fourth-order valence-corrected chi connectivity index (χ4v) is 6.59. The number of hydrogen-bond donors (Lipinski definition) is 0. The molecule has 1 saturated heterocycles. The van der Waals surface area contributed by atoms with Crippen LogP contribution in [-0.2, 0) is 4.79 Å². The summed E-state index contributed by atoms with van der Waals surface area (Å²) in [6.45, 7) is 1.60. The minimum atomic E-state index is -0.242. The second-order valence-electron chi connectivity index (χ2n) is 9.26. The highest BCUT2D eigenvalue weighted by Gasteiger charge is 2.55. The minimum Gasteiger partial charge on any atom is -0.490 e. The highest BCUT2D eigenvalue weighted by molar-refractivity contribution is 5.83. The molecule has 0 unspecified atom stereocenters. The lowest BCUT2D eigenvalue weighted by Gasteiger charge is -2.57. The third-order valence-electron chi connectivity index (χ3n) is 7.34. The van der Waals surface area contributed by atoms with E-state index in [-0.39, 0.29) is 17.3 Å². The number of hydrogen-bond acceptors (Lipinski definition) is 2. The highest BCUT2D eigenvalue weighted by atomic mass is 19.1. The van der Waals surface area contributed by atoms with Crippen molar-refractivity contribution >= 4 is 5.91 Å². The Labute approximate surface area is 154 Å². The van der Waals surface area contributed by atoms with Gasteiger partial charge in [0.2, 0.25) is 5.91 Å². The molecule has 0 aromatic heterocycles. The lowest BCUT2D eigenvalue weighted by Crippen LogP contribution is -2.56.